The first kappa shape index (κ1) is 46.5. The molecular formula is C39H73N2O6P. The lowest BCUT2D eigenvalue weighted by Crippen LogP contribution is -2.45. The Hall–Kier alpha value is -1.54. The average molecular weight is 697 g/mol. The van der Waals surface area contributed by atoms with Crippen molar-refractivity contribution in [3.05, 3.63) is 48.6 Å². The molecule has 0 rings (SSSR count). The molecule has 0 aliphatic rings. The topological polar surface area (TPSA) is 108 Å². The summed E-state index contributed by atoms with van der Waals surface area (Å²) < 4.78 is 22.9. The number of nitrogens with zero attached hydrogens (tertiary/aromatic N) is 1. The van der Waals surface area contributed by atoms with E-state index in [0.29, 0.717) is 17.4 Å². The Morgan fingerprint density at radius 1 is 0.729 bits per heavy atom. The summed E-state index contributed by atoms with van der Waals surface area (Å²) in [6.07, 6.45) is 37.7. The number of hydrogen-bond donors (Lipinski definition) is 2. The van der Waals surface area contributed by atoms with E-state index in [2.05, 4.69) is 55.6 Å². The molecule has 3 atom stereocenters. The maximum absolute atomic E-state index is 12.7. The van der Waals surface area contributed by atoms with Gasteiger partial charge in [0.15, 0.2) is 0 Å². The molecule has 0 saturated carbocycles. The smallest absolute Gasteiger partial charge is 0.268 e. The lowest BCUT2D eigenvalue weighted by molar-refractivity contribution is -0.870. The molecule has 8 nitrogen and oxygen atoms in total. The Morgan fingerprint density at radius 2 is 1.21 bits per heavy atom. The second-order valence-electron chi connectivity index (χ2n) is 13.9. The molecule has 0 bridgehead atoms. The molecule has 0 aromatic heterocycles. The van der Waals surface area contributed by atoms with Crippen LogP contribution < -0.4 is 10.2 Å². The van der Waals surface area contributed by atoms with Crippen LogP contribution in [0.3, 0.4) is 0 Å². The van der Waals surface area contributed by atoms with Gasteiger partial charge in [-0.05, 0) is 57.8 Å². The molecule has 0 aliphatic heterocycles. The Labute approximate surface area is 295 Å². The van der Waals surface area contributed by atoms with E-state index in [9.17, 15) is 19.4 Å². The van der Waals surface area contributed by atoms with E-state index in [-0.39, 0.29) is 12.5 Å². The van der Waals surface area contributed by atoms with Gasteiger partial charge in [0, 0.05) is 6.42 Å². The van der Waals surface area contributed by atoms with Gasteiger partial charge in [0.05, 0.1) is 39.9 Å². The molecule has 0 fully saturated rings. The number of quaternary nitrogens is 1. The summed E-state index contributed by atoms with van der Waals surface area (Å²) in [6, 6.07) is -0.889. The van der Waals surface area contributed by atoms with Crippen LogP contribution in [0.15, 0.2) is 48.6 Å². The summed E-state index contributed by atoms with van der Waals surface area (Å²) in [5.41, 5.74) is 0. The standard InChI is InChI=1S/C39H73N2O6P/c1-6-8-10-12-13-14-15-16-17-18-19-20-21-22-23-24-25-26-27-29-31-33-39(43)40-37(38(42)32-30-28-11-9-7-2)36-47-48(44,45)46-35-34-41(3,4)5/h15-16,18-19,21-22,30,32,37-38,42H,6-14,17,20,23-29,31,33-36H2,1-5H3,(H-,40,43,44,45)/b16-15-,19-18-,22-21-,32-30+. The predicted molar refractivity (Wildman–Crippen MR) is 201 cm³/mol. The highest BCUT2D eigenvalue weighted by atomic mass is 31.2. The lowest BCUT2D eigenvalue weighted by atomic mass is 10.1. The molecule has 0 radical (unpaired) electrons. The van der Waals surface area contributed by atoms with Gasteiger partial charge in [-0.25, -0.2) is 0 Å². The van der Waals surface area contributed by atoms with Crippen molar-refractivity contribution in [3.8, 4) is 0 Å². The van der Waals surface area contributed by atoms with Gasteiger partial charge in [-0.3, -0.25) is 9.36 Å². The zero-order valence-electron chi connectivity index (χ0n) is 31.4. The second kappa shape index (κ2) is 31.4. The minimum Gasteiger partial charge on any atom is -0.756 e. The van der Waals surface area contributed by atoms with Crippen molar-refractivity contribution >= 4 is 13.7 Å². The van der Waals surface area contributed by atoms with Crippen molar-refractivity contribution in [1.82, 2.24) is 5.32 Å². The molecular weight excluding hydrogens is 623 g/mol. The first-order chi connectivity index (χ1) is 23.0. The summed E-state index contributed by atoms with van der Waals surface area (Å²) in [5, 5.41) is 13.5. The van der Waals surface area contributed by atoms with Gasteiger partial charge in [-0.2, -0.15) is 0 Å². The fourth-order valence-corrected chi connectivity index (χ4v) is 5.64. The molecule has 0 saturated heterocycles. The molecule has 0 aliphatic carbocycles. The van der Waals surface area contributed by atoms with Crippen molar-refractivity contribution in [1.29, 1.82) is 0 Å². The second-order valence-corrected chi connectivity index (χ2v) is 15.3. The van der Waals surface area contributed by atoms with Crippen LogP contribution in [0.1, 0.15) is 142 Å². The number of aliphatic hydroxyl groups is 1. The Bertz CT molecular complexity index is 928. The van der Waals surface area contributed by atoms with Gasteiger partial charge in [0.1, 0.15) is 13.2 Å². The Kier molecular flexibility index (Phi) is 30.4. The molecule has 0 heterocycles. The first-order valence-corrected chi connectivity index (χ1v) is 20.5. The number of allylic oxidation sites excluding steroid dienone is 7. The molecule has 48 heavy (non-hydrogen) atoms. The summed E-state index contributed by atoms with van der Waals surface area (Å²) in [4.78, 5) is 25.0. The first-order valence-electron chi connectivity index (χ1n) is 19.0. The number of phosphoric acid groups is 1. The van der Waals surface area contributed by atoms with Crippen molar-refractivity contribution < 1.29 is 32.9 Å². The third-order valence-electron chi connectivity index (χ3n) is 8.03. The normalized spacial score (nSPS) is 15.2. The predicted octanol–water partition coefficient (Wildman–Crippen LogP) is 9.11. The molecule has 1 amide bonds. The molecule has 0 aromatic carbocycles. The Morgan fingerprint density at radius 3 is 1.79 bits per heavy atom. The number of likely N-dealkylation sites (N-methyl/N-ethyl adjacent to an activating group) is 1. The fraction of sp³-hybridized carbons (Fsp3) is 0.769. The van der Waals surface area contributed by atoms with Crippen molar-refractivity contribution in [3.63, 3.8) is 0 Å². The number of nitrogens with one attached hydrogen (secondary N) is 1. The van der Waals surface area contributed by atoms with E-state index in [1.807, 2.05) is 27.2 Å². The third kappa shape index (κ3) is 33.0. The largest absolute Gasteiger partial charge is 0.756 e. The van der Waals surface area contributed by atoms with Gasteiger partial charge in [0.2, 0.25) is 5.91 Å². The quantitative estimate of drug-likeness (QED) is 0.0307. The maximum atomic E-state index is 12.7. The van der Waals surface area contributed by atoms with E-state index in [4.69, 9.17) is 9.05 Å². The fourth-order valence-electron chi connectivity index (χ4n) is 4.92. The van der Waals surface area contributed by atoms with Crippen LogP contribution in [-0.2, 0) is 18.4 Å². The van der Waals surface area contributed by atoms with Crippen LogP contribution in [0.5, 0.6) is 0 Å². The molecule has 2 N–H and O–H groups in total. The molecule has 0 aromatic rings. The van der Waals surface area contributed by atoms with E-state index in [1.54, 1.807) is 6.08 Å². The van der Waals surface area contributed by atoms with E-state index >= 15 is 0 Å². The van der Waals surface area contributed by atoms with Gasteiger partial charge in [-0.15, -0.1) is 0 Å². The summed E-state index contributed by atoms with van der Waals surface area (Å²) in [5.74, 6) is -0.221. The highest BCUT2D eigenvalue weighted by molar-refractivity contribution is 7.45. The number of unbranched alkanes of at least 4 members (excludes halogenated alkanes) is 14. The van der Waals surface area contributed by atoms with Gasteiger partial charge >= 0.3 is 0 Å². The molecule has 280 valence electrons. The highest BCUT2D eigenvalue weighted by Crippen LogP contribution is 2.38. The summed E-state index contributed by atoms with van der Waals surface area (Å²) in [7, 11) is 1.24. The summed E-state index contributed by atoms with van der Waals surface area (Å²) in [6.45, 7) is 4.48. The number of hydrogen-bond acceptors (Lipinski definition) is 6. The van der Waals surface area contributed by atoms with Crippen LogP contribution in [-0.4, -0.2) is 68.5 Å². The lowest BCUT2D eigenvalue weighted by Gasteiger charge is -2.29. The van der Waals surface area contributed by atoms with E-state index < -0.39 is 26.6 Å². The van der Waals surface area contributed by atoms with Gasteiger partial charge in [-0.1, -0.05) is 127 Å². The average Bonchev–Trinajstić information content (AvgIpc) is 3.02. The molecule has 3 unspecified atom stereocenters. The van der Waals surface area contributed by atoms with Crippen LogP contribution in [0.2, 0.25) is 0 Å². The third-order valence-corrected chi connectivity index (χ3v) is 9.00. The zero-order chi connectivity index (χ0) is 35.8. The number of carbonyl (C=O) groups excluding carboxylic acids is 1. The monoisotopic (exact) mass is 697 g/mol. The number of phosphoric ester groups is 1. The van der Waals surface area contributed by atoms with Crippen LogP contribution in [0.4, 0.5) is 0 Å². The van der Waals surface area contributed by atoms with Crippen molar-refractivity contribution in [2.75, 3.05) is 40.9 Å². The maximum Gasteiger partial charge on any atom is 0.268 e. The molecule has 9 heteroatoms. The Balaban J connectivity index is 4.25. The number of aliphatic hydroxyl groups excluding tert-OH is 1. The van der Waals surface area contributed by atoms with E-state index in [0.717, 1.165) is 70.6 Å². The van der Waals surface area contributed by atoms with Gasteiger partial charge in [0.25, 0.3) is 7.82 Å². The number of rotatable bonds is 33. The SMILES string of the molecule is CCCCC/C=C/C(O)C(COP(=O)([O-])OCC[N+](C)(C)C)NC(=O)CCCCCCCC/C=C\C/C=C\C/C=C\CCCCCCC. The zero-order valence-corrected chi connectivity index (χ0v) is 32.3. The summed E-state index contributed by atoms with van der Waals surface area (Å²) >= 11 is 0. The molecule has 0 spiro atoms. The highest BCUT2D eigenvalue weighted by Gasteiger charge is 2.23. The minimum absolute atomic E-state index is 0.00681. The van der Waals surface area contributed by atoms with Crippen molar-refractivity contribution in [2.45, 2.75) is 154 Å². The van der Waals surface area contributed by atoms with E-state index in [1.165, 1.54) is 51.4 Å². The number of amides is 1. The van der Waals surface area contributed by atoms with Gasteiger partial charge < -0.3 is 28.8 Å². The number of carbonyl (C=O) groups is 1. The minimum atomic E-state index is -4.57. The van der Waals surface area contributed by atoms with Crippen molar-refractivity contribution in [2.24, 2.45) is 0 Å². The van der Waals surface area contributed by atoms with Crippen LogP contribution in [0.25, 0.3) is 0 Å². The van der Waals surface area contributed by atoms with Crippen LogP contribution >= 0.6 is 7.82 Å². The van der Waals surface area contributed by atoms with Crippen LogP contribution in [0, 0.1) is 0 Å².